The summed E-state index contributed by atoms with van der Waals surface area (Å²) in [6, 6.07) is 3.28. The minimum atomic E-state index is -2.40. The van der Waals surface area contributed by atoms with E-state index in [1.54, 1.807) is 12.1 Å². The molecule has 0 aliphatic heterocycles. The highest BCUT2D eigenvalue weighted by Gasteiger charge is 2.03. The molecule has 0 bridgehead atoms. The third-order valence-corrected chi connectivity index (χ3v) is 3.26. The van der Waals surface area contributed by atoms with Crippen molar-refractivity contribution < 1.29 is 28.6 Å². The summed E-state index contributed by atoms with van der Waals surface area (Å²) in [6.07, 6.45) is 12.3. The number of imidazole rings is 2. The number of ether oxygens (including phenoxy) is 1. The van der Waals surface area contributed by atoms with Crippen molar-refractivity contribution in [3.05, 3.63) is 37.4 Å². The van der Waals surface area contributed by atoms with Gasteiger partial charge in [-0.2, -0.15) is 10.5 Å². The zero-order valence-electron chi connectivity index (χ0n) is 16.8. The maximum absolute atomic E-state index is 9.72. The first kappa shape index (κ1) is 25.3. The van der Waals surface area contributed by atoms with E-state index in [0.29, 0.717) is 0 Å². The molecule has 0 aliphatic rings. The molecule has 0 saturated carbocycles. The Kier molecular flexibility index (Phi) is 13.9. The molecule has 0 aliphatic carbocycles. The number of hydrogen-bond donors (Lipinski definition) is 0. The van der Waals surface area contributed by atoms with Crippen LogP contribution in [0.1, 0.15) is 13.8 Å². The van der Waals surface area contributed by atoms with Gasteiger partial charge in [-0.15, -0.1) is 0 Å². The molecule has 0 spiro atoms. The van der Waals surface area contributed by atoms with E-state index in [1.807, 2.05) is 35.6 Å². The average Bonchev–Trinajstić information content (AvgIpc) is 3.30. The Bertz CT molecular complexity index is 680. The van der Waals surface area contributed by atoms with Gasteiger partial charge in [0.15, 0.2) is 5.92 Å². The van der Waals surface area contributed by atoms with Crippen LogP contribution in [-0.4, -0.2) is 29.9 Å². The van der Waals surface area contributed by atoms with Crippen LogP contribution in [0.5, 0.6) is 0 Å². The topological polar surface area (TPSA) is 130 Å². The van der Waals surface area contributed by atoms with Gasteiger partial charge in [-0.05, 0) is 13.8 Å². The number of hydrogen-bond acceptors (Lipinski definition) is 6. The maximum atomic E-state index is 9.72. The molecule has 0 unspecified atom stereocenters. The van der Waals surface area contributed by atoms with Gasteiger partial charge in [0.05, 0.1) is 53.3 Å². The molecule has 10 nitrogen and oxygen atoms in total. The van der Waals surface area contributed by atoms with Crippen molar-refractivity contribution in [3.8, 4) is 12.1 Å². The van der Waals surface area contributed by atoms with Crippen LogP contribution in [0.4, 0.5) is 0 Å². The Morgan fingerprint density at radius 3 is 1.71 bits per heavy atom. The van der Waals surface area contributed by atoms with Gasteiger partial charge in [-0.3, -0.25) is 0 Å². The lowest BCUT2D eigenvalue weighted by Crippen LogP contribution is -2.48. The van der Waals surface area contributed by atoms with E-state index < -0.39 is 20.0 Å². The van der Waals surface area contributed by atoms with E-state index in [2.05, 4.69) is 57.4 Å². The summed E-state index contributed by atoms with van der Waals surface area (Å²) in [5.41, 5.74) is 0. The summed E-state index contributed by atoms with van der Waals surface area (Å²) in [6.45, 7) is 5.71. The molecule has 28 heavy (non-hydrogen) atoms. The summed E-state index contributed by atoms with van der Waals surface area (Å²) in [4.78, 5) is 0. The molecule has 2 heterocycles. The third kappa shape index (κ3) is 12.6. The lowest BCUT2D eigenvalue weighted by Gasteiger charge is -2.25. The number of aromatic nitrogens is 4. The SMILES string of the molecule is CCn1cc[n+](C)c1.CCn1cc[n+](C)c1.N#CC(C#N)COCOB([O-])[O-]. The molecule has 0 saturated heterocycles. The highest BCUT2D eigenvalue weighted by molar-refractivity contribution is 6.28. The van der Waals surface area contributed by atoms with Crippen LogP contribution >= 0.6 is 0 Å². The van der Waals surface area contributed by atoms with Crippen LogP contribution < -0.4 is 19.2 Å². The molecular formula is C17H27BN6O4. The molecule has 152 valence electrons. The Morgan fingerprint density at radius 1 is 1.00 bits per heavy atom. The van der Waals surface area contributed by atoms with E-state index in [0.717, 1.165) is 13.1 Å². The minimum Gasteiger partial charge on any atom is -0.871 e. The molecule has 0 amide bonds. The first-order valence-electron chi connectivity index (χ1n) is 8.68. The van der Waals surface area contributed by atoms with Crippen LogP contribution in [0, 0.1) is 28.6 Å². The van der Waals surface area contributed by atoms with Crippen molar-refractivity contribution in [2.75, 3.05) is 13.4 Å². The largest absolute Gasteiger partial charge is 0.871 e. The summed E-state index contributed by atoms with van der Waals surface area (Å²) in [5.74, 6) is -0.898. The van der Waals surface area contributed by atoms with Crippen LogP contribution in [-0.2, 0) is 36.6 Å². The fourth-order valence-corrected chi connectivity index (χ4v) is 1.75. The number of aryl methyl sites for hydroxylation is 4. The lowest BCUT2D eigenvalue weighted by molar-refractivity contribution is -0.671. The second-order valence-electron chi connectivity index (χ2n) is 5.57. The number of nitriles is 2. The monoisotopic (exact) mass is 390 g/mol. The first-order chi connectivity index (χ1) is 13.4. The van der Waals surface area contributed by atoms with E-state index >= 15 is 0 Å². The average molecular weight is 390 g/mol. The number of rotatable bonds is 7. The van der Waals surface area contributed by atoms with Crippen molar-refractivity contribution in [1.29, 1.82) is 10.5 Å². The van der Waals surface area contributed by atoms with E-state index in [-0.39, 0.29) is 6.61 Å². The molecular weight excluding hydrogens is 363 g/mol. The normalized spacial score (nSPS) is 9.46. The van der Waals surface area contributed by atoms with Gasteiger partial charge >= 0.3 is 0 Å². The van der Waals surface area contributed by atoms with Crippen LogP contribution in [0.2, 0.25) is 0 Å². The van der Waals surface area contributed by atoms with Crippen molar-refractivity contribution in [1.82, 2.24) is 9.13 Å². The fourth-order valence-electron chi connectivity index (χ4n) is 1.75. The molecule has 0 fully saturated rings. The van der Waals surface area contributed by atoms with Crippen molar-refractivity contribution >= 4 is 7.32 Å². The Morgan fingerprint density at radius 2 is 1.46 bits per heavy atom. The van der Waals surface area contributed by atoms with E-state index in [1.165, 1.54) is 0 Å². The van der Waals surface area contributed by atoms with Crippen LogP contribution in [0.25, 0.3) is 0 Å². The summed E-state index contributed by atoms with van der Waals surface area (Å²) < 4.78 is 16.8. The first-order valence-corrected chi connectivity index (χ1v) is 8.68. The molecule has 0 radical (unpaired) electrons. The molecule has 2 aromatic heterocycles. The summed E-state index contributed by atoms with van der Waals surface area (Å²) in [5, 5.41) is 35.9. The third-order valence-electron chi connectivity index (χ3n) is 3.26. The van der Waals surface area contributed by atoms with E-state index in [4.69, 9.17) is 10.5 Å². The van der Waals surface area contributed by atoms with Gasteiger partial charge in [0.1, 0.15) is 31.6 Å². The van der Waals surface area contributed by atoms with Gasteiger partial charge in [0.25, 0.3) is 0 Å². The second-order valence-corrected chi connectivity index (χ2v) is 5.57. The van der Waals surface area contributed by atoms with Gasteiger partial charge in [0.2, 0.25) is 12.7 Å². The van der Waals surface area contributed by atoms with Crippen molar-refractivity contribution in [2.45, 2.75) is 26.9 Å². The molecule has 2 aromatic rings. The lowest BCUT2D eigenvalue weighted by atomic mass is 10.2. The minimum absolute atomic E-state index is 0.167. The zero-order chi connectivity index (χ0) is 21.4. The maximum Gasteiger partial charge on any atom is 0.243 e. The number of nitrogens with zero attached hydrogens (tertiary/aromatic N) is 6. The van der Waals surface area contributed by atoms with Crippen LogP contribution in [0.15, 0.2) is 37.4 Å². The molecule has 0 atom stereocenters. The molecule has 0 N–H and O–H groups in total. The van der Waals surface area contributed by atoms with E-state index in [9.17, 15) is 10.0 Å². The predicted molar refractivity (Wildman–Crippen MR) is 94.9 cm³/mol. The summed E-state index contributed by atoms with van der Waals surface area (Å²) in [7, 11) is 1.64. The smallest absolute Gasteiger partial charge is 0.243 e. The molecule has 0 aromatic carbocycles. The van der Waals surface area contributed by atoms with Gasteiger partial charge in [-0.25, -0.2) is 18.3 Å². The Hall–Kier alpha value is -2.70. The summed E-state index contributed by atoms with van der Waals surface area (Å²) >= 11 is 0. The predicted octanol–water partition coefficient (Wildman–Crippen LogP) is -1.99. The quantitative estimate of drug-likeness (QED) is 0.233. The molecule has 11 heteroatoms. The van der Waals surface area contributed by atoms with Crippen LogP contribution in [0.3, 0.4) is 0 Å². The fraction of sp³-hybridized carbons (Fsp3) is 0.529. The highest BCUT2D eigenvalue weighted by Crippen LogP contribution is 1.92. The van der Waals surface area contributed by atoms with Crippen molar-refractivity contribution in [3.63, 3.8) is 0 Å². The zero-order valence-corrected chi connectivity index (χ0v) is 16.8. The molecule has 2 rings (SSSR count). The van der Waals surface area contributed by atoms with Crippen molar-refractivity contribution in [2.24, 2.45) is 20.0 Å². The van der Waals surface area contributed by atoms with Gasteiger partial charge < -0.3 is 19.4 Å². The van der Waals surface area contributed by atoms with Gasteiger partial charge in [0, 0.05) is 0 Å². The highest BCUT2D eigenvalue weighted by atomic mass is 16.7. The standard InChI is InChI=1S/2C6H11N2.C5H5BN2O4/c2*1-3-8-5-4-7(2)6-8;7-1-5(2-8)3-11-4-12-6(9)10/h2*4-6H,3H2,1-2H3;5H,3-4H2/q2*+1;-2. The Labute approximate surface area is 166 Å². The van der Waals surface area contributed by atoms with Gasteiger partial charge in [-0.1, -0.05) is 0 Å². The Balaban J connectivity index is 0.000000402. The second kappa shape index (κ2) is 15.4.